The van der Waals surface area contributed by atoms with Crippen LogP contribution in [0.25, 0.3) is 0 Å². The maximum Gasteiger partial charge on any atom is 0.0803 e. The zero-order valence-electron chi connectivity index (χ0n) is 11.4. The molecule has 1 fully saturated rings. The summed E-state index contributed by atoms with van der Waals surface area (Å²) in [5.41, 5.74) is 1.53. The summed E-state index contributed by atoms with van der Waals surface area (Å²) in [7, 11) is 0. The Bertz CT molecular complexity index is 261. The molecule has 1 atom stereocenters. The first-order chi connectivity index (χ1) is 8.22. The van der Waals surface area contributed by atoms with E-state index >= 15 is 0 Å². The second-order valence-electron chi connectivity index (χ2n) is 6.35. The summed E-state index contributed by atoms with van der Waals surface area (Å²) in [6.45, 7) is 2.30. The van der Waals surface area contributed by atoms with Gasteiger partial charge in [-0.3, -0.25) is 0 Å². The summed E-state index contributed by atoms with van der Waals surface area (Å²) in [6, 6.07) is 0. The monoisotopic (exact) mass is 236 g/mol. The summed E-state index contributed by atoms with van der Waals surface area (Å²) in [5, 5.41) is 10.7. The summed E-state index contributed by atoms with van der Waals surface area (Å²) >= 11 is 0. The molecule has 2 rings (SSSR count). The molecular weight excluding hydrogens is 208 g/mol. The Kier molecular flexibility index (Phi) is 4.67. The van der Waals surface area contributed by atoms with Crippen molar-refractivity contribution in [2.45, 2.75) is 83.7 Å². The van der Waals surface area contributed by atoms with Crippen molar-refractivity contribution >= 4 is 0 Å². The fraction of sp³-hybridized carbons (Fsp3) is 0.875. The first kappa shape index (κ1) is 13.1. The van der Waals surface area contributed by atoms with Gasteiger partial charge in [-0.25, -0.2) is 0 Å². The smallest absolute Gasteiger partial charge is 0.0803 e. The molecule has 0 radical (unpaired) electrons. The number of hydrogen-bond acceptors (Lipinski definition) is 1. The SMILES string of the molecule is CC1(C(O)C2=CCCCCCC2)CCCCC1. The molecule has 0 aromatic heterocycles. The van der Waals surface area contributed by atoms with E-state index in [9.17, 15) is 5.11 Å². The average Bonchev–Trinajstić information content (AvgIpc) is 2.29. The van der Waals surface area contributed by atoms with Crippen LogP contribution in [0.2, 0.25) is 0 Å². The van der Waals surface area contributed by atoms with Crippen LogP contribution in [0.4, 0.5) is 0 Å². The Morgan fingerprint density at radius 1 is 1.00 bits per heavy atom. The van der Waals surface area contributed by atoms with Gasteiger partial charge < -0.3 is 5.11 Å². The molecule has 1 N–H and O–H groups in total. The van der Waals surface area contributed by atoms with E-state index in [1.165, 1.54) is 69.8 Å². The van der Waals surface area contributed by atoms with E-state index in [-0.39, 0.29) is 11.5 Å². The summed E-state index contributed by atoms with van der Waals surface area (Å²) in [5.74, 6) is 0. The van der Waals surface area contributed by atoms with E-state index in [4.69, 9.17) is 0 Å². The third-order valence-corrected chi connectivity index (χ3v) is 4.83. The lowest BCUT2D eigenvalue weighted by molar-refractivity contribution is 0.0328. The number of aliphatic hydroxyl groups excluding tert-OH is 1. The second-order valence-corrected chi connectivity index (χ2v) is 6.35. The van der Waals surface area contributed by atoms with Crippen LogP contribution in [-0.4, -0.2) is 11.2 Å². The van der Waals surface area contributed by atoms with Gasteiger partial charge in [-0.15, -0.1) is 0 Å². The lowest BCUT2D eigenvalue weighted by Gasteiger charge is -2.39. The normalized spacial score (nSPS) is 27.8. The van der Waals surface area contributed by atoms with Crippen LogP contribution in [0.3, 0.4) is 0 Å². The van der Waals surface area contributed by atoms with Gasteiger partial charge in [0.1, 0.15) is 0 Å². The van der Waals surface area contributed by atoms with Gasteiger partial charge in [-0.2, -0.15) is 0 Å². The van der Waals surface area contributed by atoms with Gasteiger partial charge in [-0.1, -0.05) is 45.1 Å². The molecule has 98 valence electrons. The Balaban J connectivity index is 2.03. The minimum Gasteiger partial charge on any atom is -0.388 e. The molecule has 0 amide bonds. The lowest BCUT2D eigenvalue weighted by Crippen LogP contribution is -2.36. The van der Waals surface area contributed by atoms with E-state index in [1.807, 2.05) is 0 Å². The number of hydrogen-bond donors (Lipinski definition) is 1. The summed E-state index contributed by atoms with van der Waals surface area (Å²) in [4.78, 5) is 0. The predicted molar refractivity (Wildman–Crippen MR) is 73.0 cm³/mol. The van der Waals surface area contributed by atoms with Gasteiger partial charge in [0, 0.05) is 0 Å². The minimum absolute atomic E-state index is 0.166. The first-order valence-corrected chi connectivity index (χ1v) is 7.59. The topological polar surface area (TPSA) is 20.2 Å². The van der Waals surface area contributed by atoms with Gasteiger partial charge in [0.15, 0.2) is 0 Å². The number of allylic oxidation sites excluding steroid dienone is 1. The van der Waals surface area contributed by atoms with Gasteiger partial charge in [0.2, 0.25) is 0 Å². The molecule has 0 saturated heterocycles. The molecule has 0 aromatic rings. The zero-order valence-corrected chi connectivity index (χ0v) is 11.4. The molecule has 0 aliphatic heterocycles. The Morgan fingerprint density at radius 2 is 1.65 bits per heavy atom. The van der Waals surface area contributed by atoms with Crippen LogP contribution < -0.4 is 0 Å². The highest BCUT2D eigenvalue weighted by Crippen LogP contribution is 2.42. The maximum atomic E-state index is 10.7. The molecule has 0 bridgehead atoms. The quantitative estimate of drug-likeness (QED) is 0.695. The molecule has 2 aliphatic rings. The fourth-order valence-electron chi connectivity index (χ4n) is 3.55. The zero-order chi connectivity index (χ0) is 12.1. The Morgan fingerprint density at radius 3 is 2.41 bits per heavy atom. The highest BCUT2D eigenvalue weighted by atomic mass is 16.3. The molecule has 1 nitrogen and oxygen atoms in total. The van der Waals surface area contributed by atoms with E-state index in [0.29, 0.717) is 0 Å². The molecule has 0 spiro atoms. The van der Waals surface area contributed by atoms with Crippen LogP contribution in [0.1, 0.15) is 77.6 Å². The van der Waals surface area contributed by atoms with Crippen molar-refractivity contribution < 1.29 is 5.11 Å². The van der Waals surface area contributed by atoms with Crippen LogP contribution in [0.5, 0.6) is 0 Å². The van der Waals surface area contributed by atoms with Crippen molar-refractivity contribution in [2.24, 2.45) is 5.41 Å². The van der Waals surface area contributed by atoms with E-state index in [1.54, 1.807) is 0 Å². The van der Waals surface area contributed by atoms with Crippen LogP contribution in [0, 0.1) is 5.41 Å². The van der Waals surface area contributed by atoms with Crippen molar-refractivity contribution in [1.82, 2.24) is 0 Å². The predicted octanol–water partition coefficient (Wildman–Crippen LogP) is 4.60. The van der Waals surface area contributed by atoms with Crippen molar-refractivity contribution in [1.29, 1.82) is 0 Å². The molecule has 17 heavy (non-hydrogen) atoms. The maximum absolute atomic E-state index is 10.7. The molecule has 1 unspecified atom stereocenters. The average molecular weight is 236 g/mol. The third-order valence-electron chi connectivity index (χ3n) is 4.83. The van der Waals surface area contributed by atoms with Gasteiger partial charge >= 0.3 is 0 Å². The number of aliphatic hydroxyl groups is 1. The van der Waals surface area contributed by atoms with E-state index < -0.39 is 0 Å². The molecule has 1 heteroatoms. The van der Waals surface area contributed by atoms with Crippen LogP contribution >= 0.6 is 0 Å². The van der Waals surface area contributed by atoms with E-state index in [0.717, 1.165) is 6.42 Å². The molecular formula is C16H28O. The Hall–Kier alpha value is -0.300. The third kappa shape index (κ3) is 3.34. The van der Waals surface area contributed by atoms with Crippen molar-refractivity contribution in [3.05, 3.63) is 11.6 Å². The fourth-order valence-corrected chi connectivity index (χ4v) is 3.55. The summed E-state index contributed by atoms with van der Waals surface area (Å²) < 4.78 is 0. The molecule has 0 heterocycles. The first-order valence-electron chi connectivity index (χ1n) is 7.59. The minimum atomic E-state index is -0.166. The highest BCUT2D eigenvalue weighted by molar-refractivity contribution is 5.13. The highest BCUT2D eigenvalue weighted by Gasteiger charge is 2.35. The molecule has 0 aromatic carbocycles. The van der Waals surface area contributed by atoms with Crippen molar-refractivity contribution in [3.63, 3.8) is 0 Å². The summed E-state index contributed by atoms with van der Waals surface area (Å²) in [6.07, 6.45) is 16.2. The standard InChI is InChI=1S/C16H28O/c1-16(12-8-5-9-13-16)15(17)14-10-6-3-2-4-7-11-14/h10,15,17H,2-9,11-13H2,1H3. The largest absolute Gasteiger partial charge is 0.388 e. The molecule has 2 aliphatic carbocycles. The Labute approximate surface area is 106 Å². The lowest BCUT2D eigenvalue weighted by atomic mass is 9.69. The van der Waals surface area contributed by atoms with Crippen LogP contribution in [-0.2, 0) is 0 Å². The molecule has 1 saturated carbocycles. The van der Waals surface area contributed by atoms with Gasteiger partial charge in [-0.05, 0) is 49.5 Å². The van der Waals surface area contributed by atoms with Gasteiger partial charge in [0.05, 0.1) is 6.10 Å². The van der Waals surface area contributed by atoms with Crippen molar-refractivity contribution in [3.8, 4) is 0 Å². The van der Waals surface area contributed by atoms with Gasteiger partial charge in [0.25, 0.3) is 0 Å². The second kappa shape index (κ2) is 6.04. The van der Waals surface area contributed by atoms with Crippen molar-refractivity contribution in [2.75, 3.05) is 0 Å². The number of rotatable bonds is 2. The van der Waals surface area contributed by atoms with E-state index in [2.05, 4.69) is 13.0 Å². The van der Waals surface area contributed by atoms with Crippen LogP contribution in [0.15, 0.2) is 11.6 Å².